The van der Waals surface area contributed by atoms with E-state index in [4.69, 9.17) is 23.2 Å². The molecule has 2 aromatic rings. The van der Waals surface area contributed by atoms with Gasteiger partial charge in [-0.2, -0.15) is 0 Å². The second-order valence-corrected chi connectivity index (χ2v) is 5.29. The van der Waals surface area contributed by atoms with Crippen molar-refractivity contribution >= 4 is 23.2 Å². The van der Waals surface area contributed by atoms with Gasteiger partial charge >= 0.3 is 0 Å². The van der Waals surface area contributed by atoms with Crippen molar-refractivity contribution in [2.45, 2.75) is 26.4 Å². The number of benzene rings is 1. The van der Waals surface area contributed by atoms with E-state index < -0.39 is 0 Å². The Kier molecular flexibility index (Phi) is 5.32. The average molecular weight is 297 g/mol. The summed E-state index contributed by atoms with van der Waals surface area (Å²) >= 11 is 12.0. The smallest absolute Gasteiger partial charge is 0.0453 e. The third-order valence-electron chi connectivity index (χ3n) is 3.16. The average Bonchev–Trinajstić information content (AvgIpc) is 2.84. The number of hydrogen-bond acceptors (Lipinski definition) is 1. The minimum atomic E-state index is 0.683. The Morgan fingerprint density at radius 1 is 1.21 bits per heavy atom. The second-order valence-electron chi connectivity index (χ2n) is 4.45. The summed E-state index contributed by atoms with van der Waals surface area (Å²) in [5.74, 6) is 0. The van der Waals surface area contributed by atoms with E-state index >= 15 is 0 Å². The summed E-state index contributed by atoms with van der Waals surface area (Å²) in [7, 11) is 0. The molecule has 0 spiro atoms. The van der Waals surface area contributed by atoms with E-state index in [9.17, 15) is 0 Å². The number of aryl methyl sites for hydroxylation is 1. The molecule has 19 heavy (non-hydrogen) atoms. The summed E-state index contributed by atoms with van der Waals surface area (Å²) in [6.07, 6.45) is 3.01. The van der Waals surface area contributed by atoms with Crippen molar-refractivity contribution in [3.8, 4) is 0 Å². The van der Waals surface area contributed by atoms with Crippen LogP contribution in [0.3, 0.4) is 0 Å². The van der Waals surface area contributed by atoms with Gasteiger partial charge in [0.15, 0.2) is 0 Å². The predicted octanol–water partition coefficient (Wildman–Crippen LogP) is 4.15. The monoisotopic (exact) mass is 296 g/mol. The fraction of sp³-hybridized carbons (Fsp3) is 0.333. The van der Waals surface area contributed by atoms with Gasteiger partial charge in [0, 0.05) is 35.0 Å². The molecule has 0 atom stereocenters. The molecule has 0 saturated carbocycles. The molecule has 0 amide bonds. The van der Waals surface area contributed by atoms with Gasteiger partial charge in [0.25, 0.3) is 0 Å². The van der Waals surface area contributed by atoms with Crippen LogP contribution in [-0.2, 0) is 19.5 Å². The van der Waals surface area contributed by atoms with Gasteiger partial charge in [-0.1, -0.05) is 29.3 Å². The van der Waals surface area contributed by atoms with Crippen molar-refractivity contribution in [1.82, 2.24) is 9.88 Å². The van der Waals surface area contributed by atoms with Crippen LogP contribution in [0.4, 0.5) is 0 Å². The second kappa shape index (κ2) is 6.99. The molecule has 102 valence electrons. The first-order valence-corrected chi connectivity index (χ1v) is 7.25. The van der Waals surface area contributed by atoms with Crippen molar-refractivity contribution in [2.75, 3.05) is 6.54 Å². The van der Waals surface area contributed by atoms with Crippen molar-refractivity contribution in [3.63, 3.8) is 0 Å². The van der Waals surface area contributed by atoms with Gasteiger partial charge in [0.2, 0.25) is 0 Å². The standard InChI is InChI=1S/C15H18Cl2N2/c1-2-19-9-3-4-14(19)11-18-8-7-12-5-6-13(16)10-15(12)17/h3-6,9-10,18H,2,7-8,11H2,1H3. The molecule has 0 unspecified atom stereocenters. The van der Waals surface area contributed by atoms with Crippen LogP contribution in [0, 0.1) is 0 Å². The fourth-order valence-electron chi connectivity index (χ4n) is 2.08. The van der Waals surface area contributed by atoms with Crippen LogP contribution in [-0.4, -0.2) is 11.1 Å². The van der Waals surface area contributed by atoms with E-state index in [1.807, 2.05) is 12.1 Å². The molecule has 0 aliphatic heterocycles. The lowest BCUT2D eigenvalue weighted by Gasteiger charge is -2.09. The van der Waals surface area contributed by atoms with E-state index in [0.29, 0.717) is 5.02 Å². The van der Waals surface area contributed by atoms with Gasteiger partial charge in [0.1, 0.15) is 0 Å². The van der Waals surface area contributed by atoms with Crippen LogP contribution in [0.1, 0.15) is 18.2 Å². The Balaban J connectivity index is 1.81. The Bertz CT molecular complexity index is 535. The lowest BCUT2D eigenvalue weighted by Crippen LogP contribution is -2.18. The summed E-state index contributed by atoms with van der Waals surface area (Å²) in [6.45, 7) is 4.94. The molecular formula is C15H18Cl2N2. The number of aromatic nitrogens is 1. The molecule has 0 fully saturated rings. The SMILES string of the molecule is CCn1cccc1CNCCc1ccc(Cl)cc1Cl. The van der Waals surface area contributed by atoms with E-state index in [1.54, 1.807) is 6.07 Å². The zero-order valence-corrected chi connectivity index (χ0v) is 12.5. The highest BCUT2D eigenvalue weighted by Gasteiger charge is 2.02. The molecule has 0 aliphatic rings. The van der Waals surface area contributed by atoms with Gasteiger partial charge in [-0.3, -0.25) is 0 Å². The minimum Gasteiger partial charge on any atom is -0.351 e. The molecule has 0 radical (unpaired) electrons. The van der Waals surface area contributed by atoms with Crippen LogP contribution in [0.2, 0.25) is 10.0 Å². The van der Waals surface area contributed by atoms with E-state index in [0.717, 1.165) is 36.6 Å². The first-order chi connectivity index (χ1) is 9.20. The predicted molar refractivity (Wildman–Crippen MR) is 82.0 cm³/mol. The zero-order valence-electron chi connectivity index (χ0n) is 11.0. The molecule has 1 heterocycles. The lowest BCUT2D eigenvalue weighted by atomic mass is 10.1. The van der Waals surface area contributed by atoms with Gasteiger partial charge in [-0.25, -0.2) is 0 Å². The summed E-state index contributed by atoms with van der Waals surface area (Å²) in [6, 6.07) is 9.88. The Morgan fingerprint density at radius 3 is 2.79 bits per heavy atom. The fourth-order valence-corrected chi connectivity index (χ4v) is 2.59. The first kappa shape index (κ1) is 14.4. The summed E-state index contributed by atoms with van der Waals surface area (Å²) in [5, 5.41) is 4.87. The van der Waals surface area contributed by atoms with E-state index in [1.165, 1.54) is 5.69 Å². The summed E-state index contributed by atoms with van der Waals surface area (Å²) in [4.78, 5) is 0. The van der Waals surface area contributed by atoms with Gasteiger partial charge in [-0.15, -0.1) is 0 Å². The summed E-state index contributed by atoms with van der Waals surface area (Å²) < 4.78 is 2.24. The maximum absolute atomic E-state index is 6.14. The topological polar surface area (TPSA) is 17.0 Å². The zero-order chi connectivity index (χ0) is 13.7. The molecule has 0 aliphatic carbocycles. The first-order valence-electron chi connectivity index (χ1n) is 6.49. The third-order valence-corrected chi connectivity index (χ3v) is 3.74. The third kappa shape index (κ3) is 4.00. The lowest BCUT2D eigenvalue weighted by molar-refractivity contribution is 0.628. The number of rotatable bonds is 6. The molecule has 1 N–H and O–H groups in total. The van der Waals surface area contributed by atoms with Crippen LogP contribution in [0.5, 0.6) is 0 Å². The molecule has 2 rings (SSSR count). The molecular weight excluding hydrogens is 279 g/mol. The molecule has 1 aromatic heterocycles. The van der Waals surface area contributed by atoms with Crippen LogP contribution in [0.25, 0.3) is 0 Å². The molecule has 0 bridgehead atoms. The minimum absolute atomic E-state index is 0.683. The van der Waals surface area contributed by atoms with Gasteiger partial charge < -0.3 is 9.88 Å². The molecule has 1 aromatic carbocycles. The van der Waals surface area contributed by atoms with Gasteiger partial charge in [0.05, 0.1) is 0 Å². The molecule has 2 nitrogen and oxygen atoms in total. The van der Waals surface area contributed by atoms with Crippen LogP contribution < -0.4 is 5.32 Å². The normalized spacial score (nSPS) is 10.9. The number of hydrogen-bond donors (Lipinski definition) is 1. The summed E-state index contributed by atoms with van der Waals surface area (Å²) in [5.41, 5.74) is 2.44. The molecule has 0 saturated heterocycles. The highest BCUT2D eigenvalue weighted by molar-refractivity contribution is 6.35. The number of halogens is 2. The van der Waals surface area contributed by atoms with Crippen molar-refractivity contribution < 1.29 is 0 Å². The van der Waals surface area contributed by atoms with Gasteiger partial charge in [-0.05, 0) is 49.7 Å². The largest absolute Gasteiger partial charge is 0.351 e. The highest BCUT2D eigenvalue weighted by atomic mass is 35.5. The van der Waals surface area contributed by atoms with E-state index in [-0.39, 0.29) is 0 Å². The molecule has 4 heteroatoms. The maximum atomic E-state index is 6.14. The Labute approximate surface area is 124 Å². The van der Waals surface area contributed by atoms with Crippen LogP contribution >= 0.6 is 23.2 Å². The van der Waals surface area contributed by atoms with Crippen molar-refractivity contribution in [2.24, 2.45) is 0 Å². The Hall–Kier alpha value is -0.960. The quantitative estimate of drug-likeness (QED) is 0.793. The van der Waals surface area contributed by atoms with Crippen LogP contribution in [0.15, 0.2) is 36.5 Å². The maximum Gasteiger partial charge on any atom is 0.0453 e. The number of nitrogens with one attached hydrogen (secondary N) is 1. The Morgan fingerprint density at radius 2 is 2.05 bits per heavy atom. The number of nitrogens with zero attached hydrogens (tertiary/aromatic N) is 1. The van der Waals surface area contributed by atoms with E-state index in [2.05, 4.69) is 35.1 Å². The highest BCUT2D eigenvalue weighted by Crippen LogP contribution is 2.21. The van der Waals surface area contributed by atoms with Crippen molar-refractivity contribution in [1.29, 1.82) is 0 Å². The van der Waals surface area contributed by atoms with Crippen molar-refractivity contribution in [3.05, 3.63) is 57.8 Å².